The van der Waals surface area contributed by atoms with Gasteiger partial charge < -0.3 is 10.0 Å². The number of nitrogens with zero attached hydrogens (tertiary/aromatic N) is 2. The summed E-state index contributed by atoms with van der Waals surface area (Å²) in [7, 11) is 0. The monoisotopic (exact) mass is 318 g/mol. The molecule has 1 aromatic rings. The Morgan fingerprint density at radius 3 is 2.57 bits per heavy atom. The number of aliphatic carboxylic acids is 1. The van der Waals surface area contributed by atoms with Crippen molar-refractivity contribution in [3.8, 4) is 0 Å². The number of aryl methyl sites for hydroxylation is 1. The van der Waals surface area contributed by atoms with Crippen LogP contribution in [0.5, 0.6) is 0 Å². The summed E-state index contributed by atoms with van der Waals surface area (Å²) in [5.41, 5.74) is 1.27. The number of rotatable bonds is 7. The highest BCUT2D eigenvalue weighted by molar-refractivity contribution is 5.86. The van der Waals surface area contributed by atoms with Crippen molar-refractivity contribution in [2.24, 2.45) is 0 Å². The van der Waals surface area contributed by atoms with E-state index in [4.69, 9.17) is 5.11 Å². The van der Waals surface area contributed by atoms with E-state index in [0.717, 1.165) is 19.4 Å². The Bertz CT molecular complexity index is 530. The number of benzene rings is 1. The number of carbonyl (C=O) groups excluding carboxylic acids is 1. The number of piperazine rings is 1. The second-order valence-corrected chi connectivity index (χ2v) is 6.36. The molecule has 5 nitrogen and oxygen atoms in total. The van der Waals surface area contributed by atoms with Gasteiger partial charge in [0.15, 0.2) is 0 Å². The number of amides is 1. The first-order chi connectivity index (χ1) is 11.0. The van der Waals surface area contributed by atoms with E-state index in [0.29, 0.717) is 13.1 Å². The Morgan fingerprint density at radius 1 is 1.26 bits per heavy atom. The molecule has 1 aromatic carbocycles. The zero-order valence-corrected chi connectivity index (χ0v) is 13.9. The largest absolute Gasteiger partial charge is 0.481 e. The molecule has 1 N–H and O–H groups in total. The minimum absolute atomic E-state index is 0.0413. The minimum atomic E-state index is -0.917. The molecule has 1 fully saturated rings. The molecule has 1 unspecified atom stereocenters. The van der Waals surface area contributed by atoms with Crippen molar-refractivity contribution < 1.29 is 14.7 Å². The van der Waals surface area contributed by atoms with Gasteiger partial charge in [0.1, 0.15) is 6.04 Å². The van der Waals surface area contributed by atoms with Crippen molar-refractivity contribution in [1.82, 2.24) is 9.80 Å². The topological polar surface area (TPSA) is 60.9 Å². The van der Waals surface area contributed by atoms with Crippen LogP contribution in [0.1, 0.15) is 32.3 Å². The molecule has 1 saturated heterocycles. The van der Waals surface area contributed by atoms with Crippen molar-refractivity contribution in [2.75, 3.05) is 19.6 Å². The van der Waals surface area contributed by atoms with Crippen LogP contribution in [0.3, 0.4) is 0 Å². The number of carboxylic acids is 1. The quantitative estimate of drug-likeness (QED) is 0.835. The van der Waals surface area contributed by atoms with Gasteiger partial charge in [-0.3, -0.25) is 14.5 Å². The van der Waals surface area contributed by atoms with Gasteiger partial charge in [0, 0.05) is 25.7 Å². The van der Waals surface area contributed by atoms with Crippen molar-refractivity contribution in [3.63, 3.8) is 0 Å². The second kappa shape index (κ2) is 8.11. The summed E-state index contributed by atoms with van der Waals surface area (Å²) in [6, 6.07) is 9.86. The maximum atomic E-state index is 12.6. The molecular formula is C18H26N2O3. The lowest BCUT2D eigenvalue weighted by Crippen LogP contribution is -2.59. The Hall–Kier alpha value is -1.88. The van der Waals surface area contributed by atoms with Gasteiger partial charge in [0.25, 0.3) is 0 Å². The Labute approximate surface area is 137 Å². The molecule has 0 radical (unpaired) electrons. The lowest BCUT2D eigenvalue weighted by molar-refractivity contribution is -0.150. The number of carbonyl (C=O) groups is 2. The van der Waals surface area contributed by atoms with E-state index < -0.39 is 12.0 Å². The maximum Gasteiger partial charge on any atom is 0.305 e. The van der Waals surface area contributed by atoms with E-state index in [2.05, 4.69) is 12.1 Å². The van der Waals surface area contributed by atoms with Crippen LogP contribution in [0, 0.1) is 0 Å². The zero-order chi connectivity index (χ0) is 16.8. The zero-order valence-electron chi connectivity index (χ0n) is 13.9. The molecule has 126 valence electrons. The smallest absolute Gasteiger partial charge is 0.305 e. The number of hydrogen-bond donors (Lipinski definition) is 1. The summed E-state index contributed by atoms with van der Waals surface area (Å²) >= 11 is 0. The van der Waals surface area contributed by atoms with Crippen LogP contribution >= 0.6 is 0 Å². The first-order valence-corrected chi connectivity index (χ1v) is 8.29. The van der Waals surface area contributed by atoms with Gasteiger partial charge in [0.2, 0.25) is 5.91 Å². The van der Waals surface area contributed by atoms with Crippen LogP contribution in [0.25, 0.3) is 0 Å². The van der Waals surface area contributed by atoms with Crippen molar-refractivity contribution >= 4 is 11.9 Å². The predicted molar refractivity (Wildman–Crippen MR) is 89.2 cm³/mol. The van der Waals surface area contributed by atoms with Crippen LogP contribution in [-0.4, -0.2) is 58.5 Å². The van der Waals surface area contributed by atoms with E-state index in [-0.39, 0.29) is 18.4 Å². The van der Waals surface area contributed by atoms with E-state index in [1.54, 1.807) is 0 Å². The first-order valence-electron chi connectivity index (χ1n) is 8.29. The summed E-state index contributed by atoms with van der Waals surface area (Å²) in [5, 5.41) is 9.10. The maximum absolute atomic E-state index is 12.6. The highest BCUT2D eigenvalue weighted by atomic mass is 16.4. The number of hydrogen-bond acceptors (Lipinski definition) is 3. The molecule has 0 aliphatic carbocycles. The third-order valence-corrected chi connectivity index (χ3v) is 4.39. The third-order valence-electron chi connectivity index (χ3n) is 4.39. The minimum Gasteiger partial charge on any atom is -0.481 e. The molecule has 2 rings (SSSR count). The molecule has 1 heterocycles. The first kappa shape index (κ1) is 17.5. The highest BCUT2D eigenvalue weighted by Crippen LogP contribution is 2.18. The van der Waals surface area contributed by atoms with Gasteiger partial charge in [-0.2, -0.15) is 0 Å². The van der Waals surface area contributed by atoms with Gasteiger partial charge >= 0.3 is 5.97 Å². The molecule has 1 amide bonds. The molecule has 0 bridgehead atoms. The Morgan fingerprint density at radius 2 is 1.96 bits per heavy atom. The standard InChI is InChI=1S/C18H26N2O3/c1-14(2)20-12-11-19(18(23)16(20)13-17(21)22)10-6-9-15-7-4-3-5-8-15/h3-5,7-8,14,16H,6,9-13H2,1-2H3,(H,21,22). The van der Waals surface area contributed by atoms with Gasteiger partial charge in [-0.25, -0.2) is 0 Å². The summed E-state index contributed by atoms with van der Waals surface area (Å²) < 4.78 is 0. The summed E-state index contributed by atoms with van der Waals surface area (Å²) in [4.78, 5) is 27.6. The van der Waals surface area contributed by atoms with Gasteiger partial charge in [0.05, 0.1) is 6.42 Å². The lowest BCUT2D eigenvalue weighted by Gasteiger charge is -2.42. The molecule has 0 spiro atoms. The van der Waals surface area contributed by atoms with Crippen LogP contribution in [0.2, 0.25) is 0 Å². The molecule has 23 heavy (non-hydrogen) atoms. The Balaban J connectivity index is 1.92. The Kier molecular flexibility index (Phi) is 6.16. The molecular weight excluding hydrogens is 292 g/mol. The lowest BCUT2D eigenvalue weighted by atomic mass is 10.0. The summed E-state index contributed by atoms with van der Waals surface area (Å²) in [6.45, 7) is 6.13. The fourth-order valence-corrected chi connectivity index (χ4v) is 3.18. The van der Waals surface area contributed by atoms with E-state index in [1.807, 2.05) is 41.8 Å². The van der Waals surface area contributed by atoms with Crippen LogP contribution in [0.4, 0.5) is 0 Å². The highest BCUT2D eigenvalue weighted by Gasteiger charge is 2.36. The SMILES string of the molecule is CC(C)N1CCN(CCCc2ccccc2)C(=O)C1CC(=O)O. The summed E-state index contributed by atoms with van der Waals surface area (Å²) in [6.07, 6.45) is 1.71. The van der Waals surface area contributed by atoms with Gasteiger partial charge in [-0.1, -0.05) is 30.3 Å². The van der Waals surface area contributed by atoms with E-state index in [9.17, 15) is 9.59 Å². The normalized spacial score (nSPS) is 19.3. The molecule has 1 aliphatic heterocycles. The van der Waals surface area contributed by atoms with Gasteiger partial charge in [-0.05, 0) is 32.3 Å². The average molecular weight is 318 g/mol. The molecule has 1 atom stereocenters. The van der Waals surface area contributed by atoms with Crippen molar-refractivity contribution in [3.05, 3.63) is 35.9 Å². The molecule has 0 saturated carbocycles. The van der Waals surface area contributed by atoms with Crippen LogP contribution < -0.4 is 0 Å². The molecule has 1 aliphatic rings. The molecule has 5 heteroatoms. The van der Waals surface area contributed by atoms with Crippen molar-refractivity contribution in [1.29, 1.82) is 0 Å². The van der Waals surface area contributed by atoms with E-state index >= 15 is 0 Å². The molecule has 0 aromatic heterocycles. The number of carboxylic acid groups (broad SMARTS) is 1. The van der Waals surface area contributed by atoms with Crippen molar-refractivity contribution in [2.45, 2.75) is 45.2 Å². The van der Waals surface area contributed by atoms with E-state index in [1.165, 1.54) is 5.56 Å². The third kappa shape index (κ3) is 4.79. The fourth-order valence-electron chi connectivity index (χ4n) is 3.18. The van der Waals surface area contributed by atoms with Crippen LogP contribution in [-0.2, 0) is 16.0 Å². The average Bonchev–Trinajstić information content (AvgIpc) is 2.51. The van der Waals surface area contributed by atoms with Gasteiger partial charge in [-0.15, -0.1) is 0 Å². The fraction of sp³-hybridized carbons (Fsp3) is 0.556. The van der Waals surface area contributed by atoms with Crippen LogP contribution in [0.15, 0.2) is 30.3 Å². The predicted octanol–water partition coefficient (Wildman–Crippen LogP) is 2.02. The summed E-state index contributed by atoms with van der Waals surface area (Å²) in [5.74, 6) is -0.958. The second-order valence-electron chi connectivity index (χ2n) is 6.36.